The fourth-order valence-corrected chi connectivity index (χ4v) is 2.66. The van der Waals surface area contributed by atoms with Gasteiger partial charge in [0, 0.05) is 24.8 Å². The topological polar surface area (TPSA) is 29.9 Å². The summed E-state index contributed by atoms with van der Waals surface area (Å²) in [6, 6.07) is 16.4. The first kappa shape index (κ1) is 16.1. The van der Waals surface area contributed by atoms with Crippen LogP contribution < -0.4 is 5.32 Å². The maximum Gasteiger partial charge on any atom is 0.186 e. The van der Waals surface area contributed by atoms with Crippen LogP contribution >= 0.6 is 0 Å². The average molecular weight is 317 g/mol. The van der Waals surface area contributed by atoms with Crippen molar-refractivity contribution in [1.82, 2.24) is 9.55 Å². The van der Waals surface area contributed by atoms with Gasteiger partial charge in [0.2, 0.25) is 0 Å². The van der Waals surface area contributed by atoms with Gasteiger partial charge in [-0.2, -0.15) is 0 Å². The monoisotopic (exact) mass is 317 g/mol. The number of nitrogens with one attached hydrogen (secondary N) is 1. The van der Waals surface area contributed by atoms with Gasteiger partial charge in [-0.25, -0.2) is 4.98 Å². The number of hydrogen-bond acceptors (Lipinski definition) is 2. The maximum absolute atomic E-state index is 4.58. The molecule has 1 heterocycles. The molecule has 3 rings (SSSR count). The van der Waals surface area contributed by atoms with Gasteiger partial charge in [-0.05, 0) is 48.7 Å². The van der Waals surface area contributed by atoms with E-state index in [0.717, 1.165) is 34.7 Å². The van der Waals surface area contributed by atoms with Crippen LogP contribution in [-0.4, -0.2) is 16.1 Å². The van der Waals surface area contributed by atoms with Crippen LogP contribution in [0.5, 0.6) is 0 Å². The second kappa shape index (κ2) is 7.70. The zero-order valence-corrected chi connectivity index (χ0v) is 14.3. The fraction of sp³-hybridized carbons (Fsp3) is 0.286. The lowest BCUT2D eigenvalue weighted by Gasteiger charge is -2.05. The van der Waals surface area contributed by atoms with E-state index in [2.05, 4.69) is 59.4 Å². The summed E-state index contributed by atoms with van der Waals surface area (Å²) in [5.74, 6) is 7.17. The summed E-state index contributed by atoms with van der Waals surface area (Å²) in [6.07, 6.45) is 3.73. The molecule has 1 aromatic heterocycles. The number of benzene rings is 2. The molecule has 24 heavy (non-hydrogen) atoms. The molecule has 0 aliphatic rings. The van der Waals surface area contributed by atoms with E-state index in [9.17, 15) is 0 Å². The molecule has 0 saturated carbocycles. The van der Waals surface area contributed by atoms with Crippen molar-refractivity contribution < 1.29 is 0 Å². The summed E-state index contributed by atoms with van der Waals surface area (Å²) in [5.41, 5.74) is 4.24. The van der Waals surface area contributed by atoms with Crippen molar-refractivity contribution in [2.24, 2.45) is 7.05 Å². The normalized spacial score (nSPS) is 10.4. The van der Waals surface area contributed by atoms with Crippen molar-refractivity contribution >= 4 is 16.7 Å². The summed E-state index contributed by atoms with van der Waals surface area (Å²) >= 11 is 0. The molecule has 1 N–H and O–H groups in total. The number of imidazole rings is 1. The van der Waals surface area contributed by atoms with Gasteiger partial charge in [0.05, 0.1) is 11.0 Å². The second-order valence-corrected chi connectivity index (χ2v) is 5.94. The lowest BCUT2D eigenvalue weighted by Crippen LogP contribution is -2.00. The smallest absolute Gasteiger partial charge is 0.186 e. The SMILES string of the molecule is CCCCCNc1ccc(C#Cc2nc3ccccc3n2C)cc1. The lowest BCUT2D eigenvalue weighted by atomic mass is 10.2. The van der Waals surface area contributed by atoms with Gasteiger partial charge < -0.3 is 9.88 Å². The molecule has 0 atom stereocenters. The Morgan fingerprint density at radius 1 is 1.00 bits per heavy atom. The van der Waals surface area contributed by atoms with Crippen molar-refractivity contribution in [2.75, 3.05) is 11.9 Å². The van der Waals surface area contributed by atoms with E-state index in [1.807, 2.05) is 29.8 Å². The Kier molecular flexibility index (Phi) is 5.18. The number of anilines is 1. The van der Waals surface area contributed by atoms with Gasteiger partial charge in [-0.3, -0.25) is 0 Å². The van der Waals surface area contributed by atoms with Crippen LogP contribution in [0, 0.1) is 11.8 Å². The third-order valence-electron chi connectivity index (χ3n) is 4.10. The number of hydrogen-bond donors (Lipinski definition) is 1. The molecule has 0 aliphatic carbocycles. The molecule has 0 unspecified atom stereocenters. The number of aromatic nitrogens is 2. The molecule has 0 amide bonds. The molecule has 3 aromatic rings. The quantitative estimate of drug-likeness (QED) is 0.551. The first-order valence-corrected chi connectivity index (χ1v) is 8.55. The summed E-state index contributed by atoms with van der Waals surface area (Å²) in [7, 11) is 2.00. The van der Waals surface area contributed by atoms with Crippen molar-refractivity contribution in [2.45, 2.75) is 26.2 Å². The van der Waals surface area contributed by atoms with Gasteiger partial charge in [0.1, 0.15) is 0 Å². The van der Waals surface area contributed by atoms with E-state index in [0.29, 0.717) is 0 Å². The maximum atomic E-state index is 4.58. The van der Waals surface area contributed by atoms with Gasteiger partial charge in [-0.1, -0.05) is 37.8 Å². The van der Waals surface area contributed by atoms with Crippen molar-refractivity contribution in [3.8, 4) is 11.8 Å². The van der Waals surface area contributed by atoms with Gasteiger partial charge >= 0.3 is 0 Å². The molecular weight excluding hydrogens is 294 g/mol. The number of unbranched alkanes of at least 4 members (excludes halogenated alkanes) is 2. The van der Waals surface area contributed by atoms with Crippen LogP contribution in [0.4, 0.5) is 5.69 Å². The first-order valence-electron chi connectivity index (χ1n) is 8.55. The van der Waals surface area contributed by atoms with Gasteiger partial charge in [0.25, 0.3) is 0 Å². The highest BCUT2D eigenvalue weighted by atomic mass is 15.0. The van der Waals surface area contributed by atoms with Crippen molar-refractivity contribution in [1.29, 1.82) is 0 Å². The molecule has 0 spiro atoms. The zero-order valence-electron chi connectivity index (χ0n) is 14.3. The van der Waals surface area contributed by atoms with Crippen molar-refractivity contribution in [3.63, 3.8) is 0 Å². The molecule has 0 saturated heterocycles. The number of rotatable bonds is 5. The van der Waals surface area contributed by atoms with Crippen LogP contribution in [0.2, 0.25) is 0 Å². The Morgan fingerprint density at radius 3 is 2.54 bits per heavy atom. The summed E-state index contributed by atoms with van der Waals surface area (Å²) in [4.78, 5) is 4.58. The van der Waals surface area contributed by atoms with Crippen LogP contribution in [0.3, 0.4) is 0 Å². The molecule has 0 aliphatic heterocycles. The number of nitrogens with zero attached hydrogens (tertiary/aromatic N) is 2. The van der Waals surface area contributed by atoms with Crippen LogP contribution in [0.25, 0.3) is 11.0 Å². The Morgan fingerprint density at radius 2 is 1.79 bits per heavy atom. The molecule has 122 valence electrons. The second-order valence-electron chi connectivity index (χ2n) is 5.94. The molecule has 2 aromatic carbocycles. The number of para-hydroxylation sites is 2. The lowest BCUT2D eigenvalue weighted by molar-refractivity contribution is 0.744. The Bertz CT molecular complexity index is 863. The Balaban J connectivity index is 1.70. The van der Waals surface area contributed by atoms with E-state index >= 15 is 0 Å². The molecule has 0 bridgehead atoms. The third-order valence-corrected chi connectivity index (χ3v) is 4.10. The highest BCUT2D eigenvalue weighted by Gasteiger charge is 2.03. The fourth-order valence-electron chi connectivity index (χ4n) is 2.66. The first-order chi connectivity index (χ1) is 11.8. The molecular formula is C21H23N3. The minimum atomic E-state index is 0.790. The minimum Gasteiger partial charge on any atom is -0.385 e. The highest BCUT2D eigenvalue weighted by molar-refractivity contribution is 5.76. The van der Waals surface area contributed by atoms with Crippen LogP contribution in [-0.2, 0) is 7.05 Å². The van der Waals surface area contributed by atoms with Crippen LogP contribution in [0.15, 0.2) is 48.5 Å². The summed E-state index contributed by atoms with van der Waals surface area (Å²) < 4.78 is 2.03. The van der Waals surface area contributed by atoms with Crippen LogP contribution in [0.1, 0.15) is 37.6 Å². The third kappa shape index (κ3) is 3.78. The number of fused-ring (bicyclic) bond motifs is 1. The standard InChI is InChI=1S/C21H23N3/c1-3-4-7-16-22-18-13-10-17(11-14-18)12-15-21-23-19-8-5-6-9-20(19)24(21)2/h5-6,8-11,13-14,22H,3-4,7,16H2,1-2H3. The molecule has 0 fully saturated rings. The zero-order chi connectivity index (χ0) is 16.8. The molecule has 0 radical (unpaired) electrons. The predicted octanol–water partition coefficient (Wildman–Crippen LogP) is 4.58. The highest BCUT2D eigenvalue weighted by Crippen LogP contribution is 2.14. The predicted molar refractivity (Wildman–Crippen MR) is 101 cm³/mol. The van der Waals surface area contributed by atoms with E-state index in [1.165, 1.54) is 19.3 Å². The van der Waals surface area contributed by atoms with E-state index < -0.39 is 0 Å². The van der Waals surface area contributed by atoms with E-state index in [-0.39, 0.29) is 0 Å². The number of aryl methyl sites for hydroxylation is 1. The molecule has 3 nitrogen and oxygen atoms in total. The Hall–Kier alpha value is -2.73. The largest absolute Gasteiger partial charge is 0.385 e. The van der Waals surface area contributed by atoms with Gasteiger partial charge in [-0.15, -0.1) is 0 Å². The van der Waals surface area contributed by atoms with E-state index in [4.69, 9.17) is 0 Å². The minimum absolute atomic E-state index is 0.790. The molecule has 3 heteroatoms. The average Bonchev–Trinajstić information content (AvgIpc) is 2.94. The van der Waals surface area contributed by atoms with Gasteiger partial charge in [0.15, 0.2) is 5.82 Å². The van der Waals surface area contributed by atoms with Crippen molar-refractivity contribution in [3.05, 3.63) is 59.9 Å². The van der Waals surface area contributed by atoms with E-state index in [1.54, 1.807) is 0 Å². The summed E-state index contributed by atoms with van der Waals surface area (Å²) in [6.45, 7) is 3.25. The Labute approximate surface area is 143 Å². The summed E-state index contributed by atoms with van der Waals surface area (Å²) in [5, 5.41) is 3.44.